The average Bonchev–Trinajstić information content (AvgIpc) is 2.27. The zero-order valence-corrected chi connectivity index (χ0v) is 9.86. The van der Waals surface area contributed by atoms with E-state index in [-0.39, 0.29) is 6.42 Å². The summed E-state index contributed by atoms with van der Waals surface area (Å²) >= 11 is 0. The lowest BCUT2D eigenvalue weighted by Gasteiger charge is -2.22. The van der Waals surface area contributed by atoms with E-state index in [1.54, 1.807) is 0 Å². The third-order valence-corrected chi connectivity index (χ3v) is 1.09. The summed E-state index contributed by atoms with van der Waals surface area (Å²) in [6.45, 7) is 16.8. The van der Waals surface area contributed by atoms with Gasteiger partial charge >= 0.3 is 0 Å². The van der Waals surface area contributed by atoms with Gasteiger partial charge in [-0.25, -0.2) is 0 Å². The van der Waals surface area contributed by atoms with E-state index in [9.17, 15) is 9.59 Å². The molecule has 16 heavy (non-hydrogen) atoms. The number of hydrogen-bond acceptors (Lipinski definition) is 2. The minimum absolute atomic E-state index is 0.00347. The summed E-state index contributed by atoms with van der Waals surface area (Å²) in [5, 5.41) is 3.87. The molecule has 4 heteroatoms. The fourth-order valence-corrected chi connectivity index (χ4v) is 0.619. The summed E-state index contributed by atoms with van der Waals surface area (Å²) < 4.78 is 0. The van der Waals surface area contributed by atoms with Crippen LogP contribution in [-0.2, 0) is 9.59 Å². The molecular weight excluding hydrogens is 204 g/mol. The quantitative estimate of drug-likeness (QED) is 0.426. The molecule has 0 aromatic carbocycles. The molecule has 0 saturated carbocycles. The molecule has 92 valence electrons. The van der Waals surface area contributed by atoms with Crippen molar-refractivity contribution in [2.24, 2.45) is 5.73 Å². The number of hydrogen-bond donors (Lipinski definition) is 1. The molecule has 0 aromatic rings. The SMILES string of the molecule is C=C.[CH2+]CC[N-][C@@H](C=O)CC(N)=O.[CH2+]C[CH2-]. The van der Waals surface area contributed by atoms with Crippen molar-refractivity contribution in [1.82, 2.24) is 0 Å². The fraction of sp³-hybridized carbons (Fsp3) is 0.417. The number of carbonyl (C=O) groups excluding carboxylic acids is 2. The van der Waals surface area contributed by atoms with Gasteiger partial charge in [-0.3, -0.25) is 11.7 Å². The minimum Gasteiger partial charge on any atom is -0.650 e. The van der Waals surface area contributed by atoms with Crippen molar-refractivity contribution in [1.29, 1.82) is 0 Å². The maximum Gasteiger partial charge on any atom is 0.216 e. The highest BCUT2D eigenvalue weighted by Crippen LogP contribution is 2.02. The highest BCUT2D eigenvalue weighted by atomic mass is 16.1. The summed E-state index contributed by atoms with van der Waals surface area (Å²) in [5.41, 5.74) is 4.87. The van der Waals surface area contributed by atoms with Crippen molar-refractivity contribution in [3.63, 3.8) is 0 Å². The molecule has 0 aromatic heterocycles. The Bertz CT molecular complexity index is 161. The minimum atomic E-state index is -0.575. The molecule has 0 heterocycles. The van der Waals surface area contributed by atoms with Gasteiger partial charge in [0.25, 0.3) is 0 Å². The summed E-state index contributed by atoms with van der Waals surface area (Å²) in [5.74, 6) is -0.505. The van der Waals surface area contributed by atoms with Crippen LogP contribution >= 0.6 is 0 Å². The molecule has 4 nitrogen and oxygen atoms in total. The van der Waals surface area contributed by atoms with E-state index < -0.39 is 11.9 Å². The molecular formula is C12H22N2O2. The first-order valence-corrected chi connectivity index (χ1v) is 4.90. The number of aldehydes is 1. The maximum atomic E-state index is 10.3. The second kappa shape index (κ2) is 19.2. The monoisotopic (exact) mass is 226 g/mol. The van der Waals surface area contributed by atoms with Crippen molar-refractivity contribution in [2.75, 3.05) is 6.54 Å². The van der Waals surface area contributed by atoms with Crippen LogP contribution in [0.15, 0.2) is 13.2 Å². The molecule has 0 aliphatic carbocycles. The summed E-state index contributed by atoms with van der Waals surface area (Å²) in [6, 6.07) is -0.575. The van der Waals surface area contributed by atoms with Gasteiger partial charge in [-0.05, 0) is 6.42 Å². The number of nitrogens with zero attached hydrogens (tertiary/aromatic N) is 1. The molecule has 1 atom stereocenters. The van der Waals surface area contributed by atoms with Gasteiger partial charge in [0.15, 0.2) is 0 Å². The van der Waals surface area contributed by atoms with Crippen molar-refractivity contribution in [2.45, 2.75) is 25.3 Å². The van der Waals surface area contributed by atoms with Crippen molar-refractivity contribution in [3.8, 4) is 0 Å². The zero-order chi connectivity index (χ0) is 13.4. The third kappa shape index (κ3) is 22.9. The zero-order valence-electron chi connectivity index (χ0n) is 9.86. The van der Waals surface area contributed by atoms with E-state index in [0.717, 1.165) is 6.42 Å². The predicted molar refractivity (Wildman–Crippen MR) is 68.4 cm³/mol. The molecule has 0 aliphatic rings. The van der Waals surface area contributed by atoms with Crippen molar-refractivity contribution >= 4 is 12.2 Å². The Morgan fingerprint density at radius 2 is 1.94 bits per heavy atom. The number of rotatable bonds is 6. The van der Waals surface area contributed by atoms with Gasteiger partial charge < -0.3 is 15.8 Å². The van der Waals surface area contributed by atoms with Crippen LogP contribution in [0.4, 0.5) is 0 Å². The van der Waals surface area contributed by atoms with Gasteiger partial charge in [0.05, 0.1) is 13.3 Å². The summed E-state index contributed by atoms with van der Waals surface area (Å²) in [4.78, 5) is 20.5. The number of amides is 1. The number of carbonyl (C=O) groups is 2. The molecule has 0 rings (SSSR count). The van der Waals surface area contributed by atoms with Crippen molar-refractivity contribution in [3.05, 3.63) is 39.2 Å². The number of nitrogens with two attached hydrogens (primary N) is 1. The Labute approximate surface area is 99.3 Å². The smallest absolute Gasteiger partial charge is 0.216 e. The molecule has 0 aliphatic heterocycles. The molecule has 0 saturated heterocycles. The van der Waals surface area contributed by atoms with Crippen LogP contribution in [0.25, 0.3) is 5.32 Å². The molecule has 0 unspecified atom stereocenters. The summed E-state index contributed by atoms with van der Waals surface area (Å²) in [7, 11) is 0. The Kier molecular flexibility index (Phi) is 24.1. The Morgan fingerprint density at radius 1 is 1.50 bits per heavy atom. The Hall–Kier alpha value is -1.42. The lowest BCUT2D eigenvalue weighted by Crippen LogP contribution is -2.21. The largest absolute Gasteiger partial charge is 0.650 e. The molecule has 0 bridgehead atoms. The van der Waals surface area contributed by atoms with Crippen LogP contribution < -0.4 is 5.73 Å². The van der Waals surface area contributed by atoms with Gasteiger partial charge in [0.1, 0.15) is 6.29 Å². The lowest BCUT2D eigenvalue weighted by molar-refractivity contribution is -0.120. The first-order chi connectivity index (χ1) is 7.62. The van der Waals surface area contributed by atoms with E-state index in [1.807, 2.05) is 0 Å². The van der Waals surface area contributed by atoms with Crippen LogP contribution in [0, 0.1) is 20.8 Å². The second-order valence-electron chi connectivity index (χ2n) is 2.49. The molecule has 1 amide bonds. The Balaban J connectivity index is -0.000000289. The van der Waals surface area contributed by atoms with Crippen molar-refractivity contribution < 1.29 is 9.59 Å². The van der Waals surface area contributed by atoms with Crippen LogP contribution in [0.5, 0.6) is 0 Å². The van der Waals surface area contributed by atoms with Crippen LogP contribution in [0.2, 0.25) is 0 Å². The first-order valence-electron chi connectivity index (χ1n) is 4.90. The maximum absolute atomic E-state index is 10.3. The fourth-order valence-electron chi connectivity index (χ4n) is 0.619. The van der Waals surface area contributed by atoms with Gasteiger partial charge in [-0.15, -0.1) is 19.7 Å². The number of primary amides is 1. The molecule has 2 N–H and O–H groups in total. The molecule has 0 fully saturated rings. The average molecular weight is 226 g/mol. The highest BCUT2D eigenvalue weighted by molar-refractivity contribution is 5.79. The predicted octanol–water partition coefficient (Wildman–Crippen LogP) is 1.87. The van der Waals surface area contributed by atoms with E-state index in [4.69, 9.17) is 5.73 Å². The van der Waals surface area contributed by atoms with E-state index >= 15 is 0 Å². The van der Waals surface area contributed by atoms with Crippen LogP contribution in [0.1, 0.15) is 19.3 Å². The lowest BCUT2D eigenvalue weighted by atomic mass is 10.2. The van der Waals surface area contributed by atoms with Gasteiger partial charge in [-0.1, -0.05) is 6.04 Å². The van der Waals surface area contributed by atoms with E-state index in [1.165, 1.54) is 0 Å². The standard InChI is InChI=1S/C7H12N2O2.C3H6.C2H4/c1-2-3-9-6(5-10)4-7(8)11;1-3-2;1-2/h5-6H,1-4H2,(H2,8,11);1-3H2;1-2H2/t6-;;/m1../s1. The normalized spacial score (nSPS) is 9.81. The molecule has 0 radical (unpaired) electrons. The van der Waals surface area contributed by atoms with E-state index in [2.05, 4.69) is 39.2 Å². The van der Waals surface area contributed by atoms with Gasteiger partial charge in [0, 0.05) is 13.3 Å². The van der Waals surface area contributed by atoms with Gasteiger partial charge in [0.2, 0.25) is 5.91 Å². The first kappa shape index (κ1) is 20.1. The Morgan fingerprint density at radius 3 is 2.19 bits per heavy atom. The topological polar surface area (TPSA) is 74.3 Å². The van der Waals surface area contributed by atoms with Gasteiger partial charge in [-0.2, -0.15) is 0 Å². The summed E-state index contributed by atoms with van der Waals surface area (Å²) in [6.07, 6.45) is 2.01. The van der Waals surface area contributed by atoms with Crippen LogP contribution in [-0.4, -0.2) is 24.8 Å². The second-order valence-corrected chi connectivity index (χ2v) is 2.49. The molecule has 0 spiro atoms. The third-order valence-electron chi connectivity index (χ3n) is 1.09. The highest BCUT2D eigenvalue weighted by Gasteiger charge is 1.99. The van der Waals surface area contributed by atoms with E-state index in [0.29, 0.717) is 19.3 Å². The van der Waals surface area contributed by atoms with Crippen LogP contribution in [0.3, 0.4) is 0 Å².